The molecule has 5 nitrogen and oxygen atoms in total. The van der Waals surface area contributed by atoms with Gasteiger partial charge in [0.2, 0.25) is 5.91 Å². The van der Waals surface area contributed by atoms with E-state index in [-0.39, 0.29) is 12.5 Å². The van der Waals surface area contributed by atoms with E-state index in [1.165, 1.54) is 11.3 Å². The molecule has 0 aliphatic carbocycles. The van der Waals surface area contributed by atoms with E-state index < -0.39 is 0 Å². The maximum Gasteiger partial charge on any atom is 0.231 e. The topological polar surface area (TPSA) is 80.9 Å². The zero-order chi connectivity index (χ0) is 12.1. The van der Waals surface area contributed by atoms with E-state index in [0.717, 1.165) is 16.4 Å². The van der Waals surface area contributed by atoms with E-state index in [2.05, 4.69) is 15.3 Å². The van der Waals surface area contributed by atoms with Crippen molar-refractivity contribution in [3.8, 4) is 10.7 Å². The van der Waals surface area contributed by atoms with Gasteiger partial charge in [-0.1, -0.05) is 6.07 Å². The first kappa shape index (κ1) is 11.7. The van der Waals surface area contributed by atoms with E-state index >= 15 is 0 Å². The van der Waals surface area contributed by atoms with Crippen LogP contribution in [0.25, 0.3) is 10.7 Å². The Morgan fingerprint density at radius 3 is 3.06 bits per heavy atom. The highest BCUT2D eigenvalue weighted by atomic mass is 32.1. The Morgan fingerprint density at radius 1 is 1.47 bits per heavy atom. The number of hydrogen-bond acceptors (Lipinski definition) is 5. The largest absolute Gasteiger partial charge is 0.369 e. The van der Waals surface area contributed by atoms with Gasteiger partial charge in [0.15, 0.2) is 0 Å². The first-order chi connectivity index (χ1) is 8.25. The Kier molecular flexibility index (Phi) is 3.79. The molecule has 0 aromatic carbocycles. The Bertz CT molecular complexity index is 497. The van der Waals surface area contributed by atoms with Crippen LogP contribution in [0.1, 0.15) is 5.69 Å². The molecule has 0 saturated carbocycles. The Labute approximate surface area is 103 Å². The Balaban J connectivity index is 1.99. The molecule has 2 aromatic rings. The molecule has 2 heterocycles. The van der Waals surface area contributed by atoms with Crippen molar-refractivity contribution in [1.82, 2.24) is 15.3 Å². The fourth-order valence-electron chi connectivity index (χ4n) is 1.31. The van der Waals surface area contributed by atoms with Crippen molar-refractivity contribution in [3.05, 3.63) is 35.5 Å². The molecular formula is C11H12N4OS. The summed E-state index contributed by atoms with van der Waals surface area (Å²) in [4.78, 5) is 19.2. The minimum atomic E-state index is -0.370. The summed E-state index contributed by atoms with van der Waals surface area (Å²) in [6, 6.07) is 5.71. The van der Waals surface area contributed by atoms with Crippen LogP contribution in [0.15, 0.2) is 29.8 Å². The molecule has 2 rings (SSSR count). The van der Waals surface area contributed by atoms with Gasteiger partial charge >= 0.3 is 0 Å². The van der Waals surface area contributed by atoms with Crippen LogP contribution in [0.5, 0.6) is 0 Å². The number of nitrogens with one attached hydrogen (secondary N) is 1. The van der Waals surface area contributed by atoms with Gasteiger partial charge in [-0.3, -0.25) is 9.78 Å². The number of primary amides is 1. The molecule has 0 aliphatic heterocycles. The highest BCUT2D eigenvalue weighted by Crippen LogP contribution is 2.20. The molecule has 0 saturated heterocycles. The maximum atomic E-state index is 10.5. The molecule has 88 valence electrons. The number of pyridine rings is 1. The lowest BCUT2D eigenvalue weighted by Crippen LogP contribution is -2.28. The summed E-state index contributed by atoms with van der Waals surface area (Å²) in [6.07, 6.45) is 1.74. The van der Waals surface area contributed by atoms with Crippen LogP contribution in [-0.4, -0.2) is 22.4 Å². The molecule has 0 bridgehead atoms. The Hall–Kier alpha value is -1.79. The van der Waals surface area contributed by atoms with Crippen LogP contribution in [0, 0.1) is 0 Å². The minimum absolute atomic E-state index is 0.163. The summed E-state index contributed by atoms with van der Waals surface area (Å²) < 4.78 is 0. The highest BCUT2D eigenvalue weighted by Gasteiger charge is 2.05. The summed E-state index contributed by atoms with van der Waals surface area (Å²) >= 11 is 1.53. The van der Waals surface area contributed by atoms with Gasteiger partial charge in [0.05, 0.1) is 17.9 Å². The van der Waals surface area contributed by atoms with Gasteiger partial charge in [0.25, 0.3) is 0 Å². The Morgan fingerprint density at radius 2 is 2.35 bits per heavy atom. The van der Waals surface area contributed by atoms with Crippen LogP contribution in [0.3, 0.4) is 0 Å². The summed E-state index contributed by atoms with van der Waals surface area (Å²) in [6.45, 7) is 0.697. The van der Waals surface area contributed by atoms with Crippen molar-refractivity contribution < 1.29 is 4.79 Å². The number of nitrogens with two attached hydrogens (primary N) is 1. The molecule has 1 amide bonds. The number of carbonyl (C=O) groups excluding carboxylic acids is 1. The number of thiazole rings is 1. The van der Waals surface area contributed by atoms with Crippen molar-refractivity contribution in [1.29, 1.82) is 0 Å². The van der Waals surface area contributed by atoms with E-state index in [4.69, 9.17) is 5.73 Å². The SMILES string of the molecule is NC(=O)CNCc1csc(-c2ccccn2)n1. The van der Waals surface area contributed by atoms with Gasteiger partial charge < -0.3 is 11.1 Å². The average molecular weight is 248 g/mol. The molecule has 0 fully saturated rings. The molecule has 0 spiro atoms. The number of aromatic nitrogens is 2. The third-order valence-electron chi connectivity index (χ3n) is 2.04. The molecule has 6 heteroatoms. The summed E-state index contributed by atoms with van der Waals surface area (Å²) in [5.74, 6) is -0.370. The third kappa shape index (κ3) is 3.33. The monoisotopic (exact) mass is 248 g/mol. The average Bonchev–Trinajstić information content (AvgIpc) is 2.78. The second-order valence-corrected chi connectivity index (χ2v) is 4.29. The van der Waals surface area contributed by atoms with E-state index in [0.29, 0.717) is 6.54 Å². The molecule has 17 heavy (non-hydrogen) atoms. The number of hydrogen-bond donors (Lipinski definition) is 2. The molecule has 0 radical (unpaired) electrons. The van der Waals surface area contributed by atoms with E-state index in [9.17, 15) is 4.79 Å². The lowest BCUT2D eigenvalue weighted by atomic mass is 10.3. The van der Waals surface area contributed by atoms with Crippen molar-refractivity contribution in [2.45, 2.75) is 6.54 Å². The fraction of sp³-hybridized carbons (Fsp3) is 0.182. The molecule has 2 aromatic heterocycles. The van der Waals surface area contributed by atoms with Crippen molar-refractivity contribution in [3.63, 3.8) is 0 Å². The summed E-state index contributed by atoms with van der Waals surface area (Å²) in [7, 11) is 0. The van der Waals surface area contributed by atoms with Crippen LogP contribution < -0.4 is 11.1 Å². The predicted octanol–water partition coefficient (Wildman–Crippen LogP) is 0.780. The van der Waals surface area contributed by atoms with Crippen molar-refractivity contribution in [2.75, 3.05) is 6.54 Å². The van der Waals surface area contributed by atoms with Gasteiger partial charge in [-0.25, -0.2) is 4.98 Å². The maximum absolute atomic E-state index is 10.5. The zero-order valence-electron chi connectivity index (χ0n) is 9.09. The fourth-order valence-corrected chi connectivity index (χ4v) is 2.10. The number of amides is 1. The first-order valence-electron chi connectivity index (χ1n) is 5.10. The normalized spacial score (nSPS) is 10.4. The second kappa shape index (κ2) is 5.51. The van der Waals surface area contributed by atoms with Gasteiger partial charge in [0.1, 0.15) is 5.01 Å². The first-order valence-corrected chi connectivity index (χ1v) is 5.98. The van der Waals surface area contributed by atoms with Crippen molar-refractivity contribution >= 4 is 17.2 Å². The summed E-state index contributed by atoms with van der Waals surface area (Å²) in [5, 5.41) is 5.73. The van der Waals surface area contributed by atoms with Crippen molar-refractivity contribution in [2.24, 2.45) is 5.73 Å². The van der Waals surface area contributed by atoms with Crippen LogP contribution in [0.2, 0.25) is 0 Å². The van der Waals surface area contributed by atoms with Gasteiger partial charge in [-0.15, -0.1) is 11.3 Å². The quantitative estimate of drug-likeness (QED) is 0.819. The number of carbonyl (C=O) groups is 1. The van der Waals surface area contributed by atoms with Gasteiger partial charge in [-0.2, -0.15) is 0 Å². The van der Waals surface area contributed by atoms with Crippen LogP contribution in [0.4, 0.5) is 0 Å². The van der Waals surface area contributed by atoms with Crippen LogP contribution >= 0.6 is 11.3 Å². The van der Waals surface area contributed by atoms with Crippen LogP contribution in [-0.2, 0) is 11.3 Å². The zero-order valence-corrected chi connectivity index (χ0v) is 9.91. The van der Waals surface area contributed by atoms with E-state index in [1.54, 1.807) is 6.20 Å². The van der Waals surface area contributed by atoms with Gasteiger partial charge in [-0.05, 0) is 12.1 Å². The smallest absolute Gasteiger partial charge is 0.231 e. The second-order valence-electron chi connectivity index (χ2n) is 3.43. The lowest BCUT2D eigenvalue weighted by Gasteiger charge is -1.97. The van der Waals surface area contributed by atoms with E-state index in [1.807, 2.05) is 23.6 Å². The number of rotatable bonds is 5. The summed E-state index contributed by atoms with van der Waals surface area (Å²) in [5.41, 5.74) is 6.77. The molecular weight excluding hydrogens is 236 g/mol. The lowest BCUT2D eigenvalue weighted by molar-refractivity contribution is -0.117. The highest BCUT2D eigenvalue weighted by molar-refractivity contribution is 7.13. The van der Waals surface area contributed by atoms with Gasteiger partial charge in [0, 0.05) is 18.1 Å². The number of nitrogens with zero attached hydrogens (tertiary/aromatic N) is 2. The predicted molar refractivity (Wildman–Crippen MR) is 66.2 cm³/mol. The molecule has 3 N–H and O–H groups in total. The molecule has 0 atom stereocenters. The standard InChI is InChI=1S/C11H12N4OS/c12-10(16)6-13-5-8-7-17-11(15-8)9-3-1-2-4-14-9/h1-4,7,13H,5-6H2,(H2,12,16). The molecule has 0 aliphatic rings. The third-order valence-corrected chi connectivity index (χ3v) is 2.95. The minimum Gasteiger partial charge on any atom is -0.369 e. The molecule has 0 unspecified atom stereocenters.